The minimum absolute atomic E-state index is 0.0258. The molecule has 2 atom stereocenters. The number of hydrogen-bond acceptors (Lipinski definition) is 3. The van der Waals surface area contributed by atoms with E-state index in [1.807, 2.05) is 13.0 Å². The summed E-state index contributed by atoms with van der Waals surface area (Å²) in [5.41, 5.74) is 1.78. The molecule has 3 nitrogen and oxygen atoms in total. The van der Waals surface area contributed by atoms with Gasteiger partial charge in [-0.15, -0.1) is 0 Å². The molecule has 1 aliphatic rings. The molecule has 0 amide bonds. The first kappa shape index (κ1) is 10.2. The molecule has 0 radical (unpaired) electrons. The molecule has 0 saturated carbocycles. The second-order valence-corrected chi connectivity index (χ2v) is 3.98. The molecule has 82 valence electrons. The number of rotatable bonds is 1. The van der Waals surface area contributed by atoms with Gasteiger partial charge in [0.2, 0.25) is 5.88 Å². The Kier molecular flexibility index (Phi) is 2.50. The van der Waals surface area contributed by atoms with E-state index in [-0.39, 0.29) is 5.92 Å². The van der Waals surface area contributed by atoms with Crippen molar-refractivity contribution in [1.82, 2.24) is 4.98 Å². The fraction of sp³-hybridized carbons (Fsp3) is 0.545. The topological polar surface area (TPSA) is 25.4 Å². The van der Waals surface area contributed by atoms with Gasteiger partial charge in [-0.25, -0.2) is 9.37 Å². The van der Waals surface area contributed by atoms with Crippen molar-refractivity contribution in [3.8, 4) is 5.88 Å². The fourth-order valence-corrected chi connectivity index (χ4v) is 1.98. The number of anilines is 1. The van der Waals surface area contributed by atoms with Gasteiger partial charge in [-0.05, 0) is 12.5 Å². The summed E-state index contributed by atoms with van der Waals surface area (Å²) in [4.78, 5) is 5.97. The maximum Gasteiger partial charge on any atom is 0.213 e. The first-order chi connectivity index (χ1) is 7.13. The van der Waals surface area contributed by atoms with Gasteiger partial charge in [0.1, 0.15) is 0 Å². The van der Waals surface area contributed by atoms with Gasteiger partial charge in [-0.1, -0.05) is 6.92 Å². The quantitative estimate of drug-likeness (QED) is 0.663. The van der Waals surface area contributed by atoms with E-state index in [0.717, 1.165) is 11.4 Å². The summed E-state index contributed by atoms with van der Waals surface area (Å²) in [6, 6.07) is 3.62. The number of methoxy groups -OCH3 is 1. The van der Waals surface area contributed by atoms with Crippen LogP contribution in [0.4, 0.5) is 10.1 Å². The molecule has 2 heterocycles. The van der Waals surface area contributed by atoms with Gasteiger partial charge in [0.25, 0.3) is 0 Å². The minimum Gasteiger partial charge on any atom is -0.481 e. The van der Waals surface area contributed by atoms with E-state index in [4.69, 9.17) is 4.74 Å². The Morgan fingerprint density at radius 1 is 1.53 bits per heavy atom. The molecule has 1 aromatic heterocycles. The Hall–Kier alpha value is -1.32. The van der Waals surface area contributed by atoms with Crippen LogP contribution in [0.1, 0.15) is 12.6 Å². The van der Waals surface area contributed by atoms with E-state index < -0.39 is 6.30 Å². The van der Waals surface area contributed by atoms with E-state index >= 15 is 0 Å². The highest BCUT2D eigenvalue weighted by Crippen LogP contribution is 2.33. The largest absolute Gasteiger partial charge is 0.481 e. The Morgan fingerprint density at radius 2 is 2.27 bits per heavy atom. The van der Waals surface area contributed by atoms with Gasteiger partial charge < -0.3 is 9.64 Å². The van der Waals surface area contributed by atoms with Crippen LogP contribution in [0.5, 0.6) is 5.88 Å². The van der Waals surface area contributed by atoms with Crippen molar-refractivity contribution in [1.29, 1.82) is 0 Å². The number of pyridine rings is 1. The summed E-state index contributed by atoms with van der Waals surface area (Å²) in [5.74, 6) is 0.564. The van der Waals surface area contributed by atoms with E-state index in [1.54, 1.807) is 25.1 Å². The first-order valence-corrected chi connectivity index (χ1v) is 5.04. The molecule has 1 aliphatic heterocycles. The zero-order valence-corrected chi connectivity index (χ0v) is 9.20. The molecule has 4 heteroatoms. The third-order valence-corrected chi connectivity index (χ3v) is 2.87. The van der Waals surface area contributed by atoms with E-state index in [9.17, 15) is 4.39 Å². The lowest BCUT2D eigenvalue weighted by Gasteiger charge is -2.34. The van der Waals surface area contributed by atoms with Crippen LogP contribution in [-0.4, -0.2) is 25.4 Å². The Labute approximate surface area is 88.9 Å². The third kappa shape index (κ3) is 1.64. The van der Waals surface area contributed by atoms with Crippen molar-refractivity contribution in [2.24, 2.45) is 5.92 Å². The molecule has 0 N–H and O–H groups in total. The van der Waals surface area contributed by atoms with Gasteiger partial charge in [-0.2, -0.15) is 0 Å². The third-order valence-electron chi connectivity index (χ3n) is 2.87. The first-order valence-electron chi connectivity index (χ1n) is 5.04. The highest BCUT2D eigenvalue weighted by Gasteiger charge is 2.30. The van der Waals surface area contributed by atoms with Gasteiger partial charge in [0.05, 0.1) is 18.5 Å². The van der Waals surface area contributed by atoms with E-state index in [0.29, 0.717) is 12.3 Å². The van der Waals surface area contributed by atoms with E-state index in [1.165, 1.54) is 0 Å². The lowest BCUT2D eigenvalue weighted by Crippen LogP contribution is -2.39. The number of fused-ring (bicyclic) bond motifs is 1. The minimum atomic E-state index is -0.923. The van der Waals surface area contributed by atoms with Crippen LogP contribution in [0.2, 0.25) is 0 Å². The van der Waals surface area contributed by atoms with Crippen LogP contribution in [-0.2, 0) is 6.42 Å². The average Bonchev–Trinajstić information content (AvgIpc) is 2.25. The van der Waals surface area contributed by atoms with Crippen LogP contribution in [0, 0.1) is 5.92 Å². The van der Waals surface area contributed by atoms with Crippen LogP contribution >= 0.6 is 0 Å². The number of hydrogen-bond donors (Lipinski definition) is 0. The Bertz CT molecular complexity index is 370. The summed E-state index contributed by atoms with van der Waals surface area (Å²) in [5, 5.41) is 0. The number of ether oxygens (including phenoxy) is 1. The van der Waals surface area contributed by atoms with Crippen LogP contribution < -0.4 is 9.64 Å². The molecular weight excluding hydrogens is 195 g/mol. The molecule has 0 aliphatic carbocycles. The maximum atomic E-state index is 13.7. The molecular formula is C11H15FN2O. The lowest BCUT2D eigenvalue weighted by molar-refractivity contribution is 0.226. The van der Waals surface area contributed by atoms with Crippen LogP contribution in [0.3, 0.4) is 0 Å². The number of halogens is 1. The molecule has 1 aromatic rings. The molecule has 0 fully saturated rings. The van der Waals surface area contributed by atoms with Crippen molar-refractivity contribution in [2.45, 2.75) is 19.6 Å². The maximum absolute atomic E-state index is 13.7. The second kappa shape index (κ2) is 3.68. The second-order valence-electron chi connectivity index (χ2n) is 3.98. The molecule has 0 aromatic carbocycles. The van der Waals surface area contributed by atoms with Crippen molar-refractivity contribution >= 4 is 5.69 Å². The zero-order chi connectivity index (χ0) is 11.0. The van der Waals surface area contributed by atoms with Crippen molar-refractivity contribution < 1.29 is 9.13 Å². The van der Waals surface area contributed by atoms with Gasteiger partial charge in [-0.3, -0.25) is 0 Å². The van der Waals surface area contributed by atoms with Gasteiger partial charge in [0, 0.05) is 19.0 Å². The summed E-state index contributed by atoms with van der Waals surface area (Å²) in [6.07, 6.45) is -0.259. The van der Waals surface area contributed by atoms with Crippen LogP contribution in [0.25, 0.3) is 0 Å². The average molecular weight is 210 g/mol. The molecule has 15 heavy (non-hydrogen) atoms. The Morgan fingerprint density at radius 3 is 2.93 bits per heavy atom. The summed E-state index contributed by atoms with van der Waals surface area (Å²) < 4.78 is 18.8. The Balaban J connectivity index is 2.41. The van der Waals surface area contributed by atoms with Gasteiger partial charge >= 0.3 is 0 Å². The normalized spacial score (nSPS) is 24.9. The number of alkyl halides is 1. The molecule has 0 unspecified atom stereocenters. The van der Waals surface area contributed by atoms with Crippen LogP contribution in [0.15, 0.2) is 12.1 Å². The highest BCUT2D eigenvalue weighted by molar-refractivity contribution is 5.54. The summed E-state index contributed by atoms with van der Waals surface area (Å²) in [7, 11) is 3.34. The zero-order valence-electron chi connectivity index (χ0n) is 9.20. The monoisotopic (exact) mass is 210 g/mol. The molecule has 2 rings (SSSR count). The smallest absolute Gasteiger partial charge is 0.213 e. The van der Waals surface area contributed by atoms with Crippen molar-refractivity contribution in [2.75, 3.05) is 19.1 Å². The highest BCUT2D eigenvalue weighted by atomic mass is 19.1. The standard InChI is InChI=1S/C11H15FN2O/c1-7-6-8-9(14(2)11(7)12)4-5-10(13-8)15-3/h4-5,7,11H,6H2,1-3H3/t7-,11-/m1/s1. The summed E-state index contributed by atoms with van der Waals surface area (Å²) in [6.45, 7) is 1.89. The fourth-order valence-electron chi connectivity index (χ4n) is 1.98. The molecule has 0 saturated heterocycles. The molecule has 0 bridgehead atoms. The predicted octanol–water partition coefficient (Wildman–Crippen LogP) is 2.01. The molecule has 0 spiro atoms. The number of aromatic nitrogens is 1. The SMILES string of the molecule is COc1ccc2c(n1)C[C@@H](C)[C@H](F)N2C. The van der Waals surface area contributed by atoms with E-state index in [2.05, 4.69) is 4.98 Å². The van der Waals surface area contributed by atoms with Crippen molar-refractivity contribution in [3.63, 3.8) is 0 Å². The summed E-state index contributed by atoms with van der Waals surface area (Å²) >= 11 is 0. The number of nitrogens with zero attached hydrogens (tertiary/aromatic N) is 2. The predicted molar refractivity (Wildman–Crippen MR) is 57.0 cm³/mol. The van der Waals surface area contributed by atoms with Gasteiger partial charge in [0.15, 0.2) is 6.30 Å². The lowest BCUT2D eigenvalue weighted by atomic mass is 9.97. The van der Waals surface area contributed by atoms with Crippen molar-refractivity contribution in [3.05, 3.63) is 17.8 Å².